The van der Waals surface area contributed by atoms with Crippen molar-refractivity contribution in [3.8, 4) is 11.5 Å². The number of likely N-dealkylation sites (tertiary alicyclic amines) is 1. The summed E-state index contributed by atoms with van der Waals surface area (Å²) < 4.78 is 11.4. The highest BCUT2D eigenvalue weighted by Crippen LogP contribution is 2.28. The number of methoxy groups -OCH3 is 1. The summed E-state index contributed by atoms with van der Waals surface area (Å²) in [7, 11) is 3.80. The summed E-state index contributed by atoms with van der Waals surface area (Å²) >= 11 is 0. The molecule has 1 heterocycles. The molecule has 0 bridgehead atoms. The van der Waals surface area contributed by atoms with Crippen molar-refractivity contribution in [1.82, 2.24) is 4.90 Å². The topological polar surface area (TPSA) is 21.7 Å². The van der Waals surface area contributed by atoms with Gasteiger partial charge in [-0.25, -0.2) is 0 Å². The number of benzene rings is 1. The first-order valence-corrected chi connectivity index (χ1v) is 6.36. The standard InChI is InChI=1S/C15H21NO2/c1-4-5-12-6-7-13(17-3)10-15(12)18-14-8-9-16(2)11-14/h4,6-7,10,14H,1,5,8-9,11H2,2-3H3. The lowest BCUT2D eigenvalue weighted by molar-refractivity contribution is 0.205. The number of hydrogen-bond acceptors (Lipinski definition) is 3. The van der Waals surface area contributed by atoms with Gasteiger partial charge in [-0.3, -0.25) is 0 Å². The molecule has 1 unspecified atom stereocenters. The van der Waals surface area contributed by atoms with Gasteiger partial charge in [0, 0.05) is 19.2 Å². The van der Waals surface area contributed by atoms with Gasteiger partial charge in [0.2, 0.25) is 0 Å². The Hall–Kier alpha value is -1.48. The SMILES string of the molecule is C=CCc1ccc(OC)cc1OC1CCN(C)C1. The van der Waals surface area contributed by atoms with E-state index in [4.69, 9.17) is 9.47 Å². The first kappa shape index (κ1) is 13.0. The quantitative estimate of drug-likeness (QED) is 0.746. The van der Waals surface area contributed by atoms with E-state index in [1.165, 1.54) is 5.56 Å². The smallest absolute Gasteiger partial charge is 0.126 e. The van der Waals surface area contributed by atoms with Crippen LogP contribution in [0.25, 0.3) is 0 Å². The molecule has 1 aliphatic rings. The second kappa shape index (κ2) is 5.91. The Labute approximate surface area is 109 Å². The minimum atomic E-state index is 0.283. The number of rotatable bonds is 5. The van der Waals surface area contributed by atoms with E-state index in [2.05, 4.69) is 24.6 Å². The summed E-state index contributed by atoms with van der Waals surface area (Å²) in [4.78, 5) is 2.29. The van der Waals surface area contributed by atoms with E-state index >= 15 is 0 Å². The maximum absolute atomic E-state index is 6.10. The van der Waals surface area contributed by atoms with Crippen LogP contribution in [0.2, 0.25) is 0 Å². The molecule has 0 aliphatic carbocycles. The summed E-state index contributed by atoms with van der Waals surface area (Å²) in [5.41, 5.74) is 1.17. The van der Waals surface area contributed by atoms with E-state index < -0.39 is 0 Å². The second-order valence-corrected chi connectivity index (χ2v) is 4.76. The zero-order valence-electron chi connectivity index (χ0n) is 11.2. The molecule has 0 spiro atoms. The number of allylic oxidation sites excluding steroid dienone is 1. The van der Waals surface area contributed by atoms with Crippen LogP contribution in [0.4, 0.5) is 0 Å². The Kier molecular flexibility index (Phi) is 4.26. The first-order chi connectivity index (χ1) is 8.72. The van der Waals surface area contributed by atoms with Crippen molar-refractivity contribution in [3.63, 3.8) is 0 Å². The third-order valence-corrected chi connectivity index (χ3v) is 3.28. The molecular weight excluding hydrogens is 226 g/mol. The maximum Gasteiger partial charge on any atom is 0.126 e. The molecule has 1 fully saturated rings. The zero-order valence-corrected chi connectivity index (χ0v) is 11.2. The molecule has 0 radical (unpaired) electrons. The molecule has 3 heteroatoms. The molecule has 1 atom stereocenters. The van der Waals surface area contributed by atoms with Crippen LogP contribution in [0.5, 0.6) is 11.5 Å². The molecule has 1 aliphatic heterocycles. The monoisotopic (exact) mass is 247 g/mol. The second-order valence-electron chi connectivity index (χ2n) is 4.76. The minimum absolute atomic E-state index is 0.283. The fourth-order valence-corrected chi connectivity index (χ4v) is 2.27. The molecule has 1 aromatic carbocycles. The fraction of sp³-hybridized carbons (Fsp3) is 0.467. The van der Waals surface area contributed by atoms with Gasteiger partial charge in [-0.1, -0.05) is 12.1 Å². The molecule has 2 rings (SSSR count). The Bertz CT molecular complexity index is 417. The minimum Gasteiger partial charge on any atom is -0.497 e. The van der Waals surface area contributed by atoms with Crippen molar-refractivity contribution >= 4 is 0 Å². The van der Waals surface area contributed by atoms with Crippen LogP contribution in [0.15, 0.2) is 30.9 Å². The van der Waals surface area contributed by atoms with E-state index in [0.717, 1.165) is 37.4 Å². The summed E-state index contributed by atoms with van der Waals surface area (Å²) in [5, 5.41) is 0. The fourth-order valence-electron chi connectivity index (χ4n) is 2.27. The molecule has 0 aromatic heterocycles. The highest BCUT2D eigenvalue weighted by atomic mass is 16.5. The van der Waals surface area contributed by atoms with Crippen molar-refractivity contribution in [2.24, 2.45) is 0 Å². The van der Waals surface area contributed by atoms with Crippen molar-refractivity contribution < 1.29 is 9.47 Å². The summed E-state index contributed by atoms with van der Waals surface area (Å²) in [6.45, 7) is 5.88. The largest absolute Gasteiger partial charge is 0.497 e. The predicted molar refractivity (Wildman–Crippen MR) is 73.4 cm³/mol. The van der Waals surface area contributed by atoms with E-state index in [0.29, 0.717) is 0 Å². The van der Waals surface area contributed by atoms with Gasteiger partial charge in [-0.15, -0.1) is 6.58 Å². The van der Waals surface area contributed by atoms with E-state index in [1.807, 2.05) is 18.2 Å². The summed E-state index contributed by atoms with van der Waals surface area (Å²) in [6.07, 6.45) is 4.09. The highest BCUT2D eigenvalue weighted by Gasteiger charge is 2.21. The molecule has 0 N–H and O–H groups in total. The number of ether oxygens (including phenoxy) is 2. The number of nitrogens with zero attached hydrogens (tertiary/aromatic N) is 1. The third-order valence-electron chi connectivity index (χ3n) is 3.28. The Balaban J connectivity index is 2.15. The number of hydrogen-bond donors (Lipinski definition) is 0. The van der Waals surface area contributed by atoms with Crippen molar-refractivity contribution in [1.29, 1.82) is 0 Å². The Morgan fingerprint density at radius 3 is 2.94 bits per heavy atom. The van der Waals surface area contributed by atoms with Gasteiger partial charge in [0.05, 0.1) is 7.11 Å². The normalized spacial score (nSPS) is 19.8. The van der Waals surface area contributed by atoms with Crippen LogP contribution in [0, 0.1) is 0 Å². The van der Waals surface area contributed by atoms with Crippen LogP contribution in [-0.4, -0.2) is 38.3 Å². The molecule has 18 heavy (non-hydrogen) atoms. The van der Waals surface area contributed by atoms with Crippen molar-refractivity contribution in [3.05, 3.63) is 36.4 Å². The van der Waals surface area contributed by atoms with E-state index in [1.54, 1.807) is 7.11 Å². The molecule has 1 saturated heterocycles. The Morgan fingerprint density at radius 2 is 2.33 bits per heavy atom. The molecular formula is C15H21NO2. The summed E-state index contributed by atoms with van der Waals surface area (Å²) in [5.74, 6) is 1.76. The van der Waals surface area contributed by atoms with Crippen molar-refractivity contribution in [2.45, 2.75) is 18.9 Å². The molecule has 98 valence electrons. The van der Waals surface area contributed by atoms with Gasteiger partial charge in [-0.2, -0.15) is 0 Å². The van der Waals surface area contributed by atoms with Gasteiger partial charge in [0.25, 0.3) is 0 Å². The zero-order chi connectivity index (χ0) is 13.0. The van der Waals surface area contributed by atoms with Crippen molar-refractivity contribution in [2.75, 3.05) is 27.2 Å². The van der Waals surface area contributed by atoms with Crippen LogP contribution in [-0.2, 0) is 6.42 Å². The van der Waals surface area contributed by atoms with Crippen LogP contribution in [0.1, 0.15) is 12.0 Å². The van der Waals surface area contributed by atoms with Crippen LogP contribution in [0.3, 0.4) is 0 Å². The summed E-state index contributed by atoms with van der Waals surface area (Å²) in [6, 6.07) is 5.98. The van der Waals surface area contributed by atoms with Gasteiger partial charge in [-0.05, 0) is 31.5 Å². The lowest BCUT2D eigenvalue weighted by atomic mass is 10.1. The highest BCUT2D eigenvalue weighted by molar-refractivity contribution is 5.41. The lowest BCUT2D eigenvalue weighted by Gasteiger charge is -2.17. The van der Waals surface area contributed by atoms with Gasteiger partial charge < -0.3 is 14.4 Å². The molecule has 0 amide bonds. The van der Waals surface area contributed by atoms with Crippen LogP contribution >= 0.6 is 0 Å². The molecule has 3 nitrogen and oxygen atoms in total. The maximum atomic E-state index is 6.10. The number of likely N-dealkylation sites (N-methyl/N-ethyl adjacent to an activating group) is 1. The van der Waals surface area contributed by atoms with Crippen LogP contribution < -0.4 is 9.47 Å². The van der Waals surface area contributed by atoms with Gasteiger partial charge in [0.1, 0.15) is 17.6 Å². The van der Waals surface area contributed by atoms with Gasteiger partial charge >= 0.3 is 0 Å². The average molecular weight is 247 g/mol. The van der Waals surface area contributed by atoms with Gasteiger partial charge in [0.15, 0.2) is 0 Å². The molecule has 1 aromatic rings. The predicted octanol–water partition coefficient (Wildman–Crippen LogP) is 2.51. The average Bonchev–Trinajstić information content (AvgIpc) is 2.77. The van der Waals surface area contributed by atoms with E-state index in [-0.39, 0.29) is 6.10 Å². The Morgan fingerprint density at radius 1 is 1.50 bits per heavy atom. The molecule has 0 saturated carbocycles. The lowest BCUT2D eigenvalue weighted by Crippen LogP contribution is -2.21. The first-order valence-electron chi connectivity index (χ1n) is 6.36. The third kappa shape index (κ3) is 3.05. The van der Waals surface area contributed by atoms with E-state index in [9.17, 15) is 0 Å².